The first kappa shape index (κ1) is 21.2. The number of nitrogens with one attached hydrogen (secondary N) is 1. The second kappa shape index (κ2) is 8.34. The molecule has 0 bridgehead atoms. The first-order valence-electron chi connectivity index (χ1n) is 10.8. The Morgan fingerprint density at radius 2 is 2.00 bits per heavy atom. The van der Waals surface area contributed by atoms with Crippen molar-refractivity contribution in [2.75, 3.05) is 13.1 Å². The Morgan fingerprint density at radius 3 is 2.78 bits per heavy atom. The number of halogens is 1. The molecule has 1 unspecified atom stereocenters. The molecule has 2 amide bonds. The molecule has 2 heterocycles. The minimum atomic E-state index is -0.172. The number of carbonyl (C=O) groups excluding carboxylic acids is 2. The van der Waals surface area contributed by atoms with Crippen LogP contribution in [0.4, 0.5) is 0 Å². The summed E-state index contributed by atoms with van der Waals surface area (Å²) in [6, 6.07) is 15.1. The summed E-state index contributed by atoms with van der Waals surface area (Å²) in [5, 5.41) is 4.41. The van der Waals surface area contributed by atoms with Crippen molar-refractivity contribution >= 4 is 34.8 Å². The largest absolute Gasteiger partial charge is 0.350 e. The van der Waals surface area contributed by atoms with Gasteiger partial charge in [0, 0.05) is 23.7 Å². The summed E-state index contributed by atoms with van der Waals surface area (Å²) in [6.07, 6.45) is 1.11. The van der Waals surface area contributed by atoms with Crippen LogP contribution in [0.3, 0.4) is 0 Å². The third-order valence-electron chi connectivity index (χ3n) is 6.34. The van der Waals surface area contributed by atoms with Gasteiger partial charge in [-0.05, 0) is 55.9 Å². The van der Waals surface area contributed by atoms with Crippen LogP contribution in [0.25, 0.3) is 10.4 Å². The lowest BCUT2D eigenvalue weighted by atomic mass is 10.1. The highest BCUT2D eigenvalue weighted by molar-refractivity contribution is 7.15. The van der Waals surface area contributed by atoms with Gasteiger partial charge in [0.25, 0.3) is 11.8 Å². The molecule has 5 nitrogen and oxygen atoms in total. The smallest absolute Gasteiger partial charge is 0.274 e. The van der Waals surface area contributed by atoms with Gasteiger partial charge in [0.15, 0.2) is 0 Å². The second-order valence-corrected chi connectivity index (χ2v) is 10.3. The van der Waals surface area contributed by atoms with E-state index < -0.39 is 0 Å². The topological polar surface area (TPSA) is 62.3 Å². The number of piperidine rings is 1. The van der Waals surface area contributed by atoms with Gasteiger partial charge in [-0.1, -0.05) is 47.5 Å². The molecule has 164 valence electrons. The van der Waals surface area contributed by atoms with Crippen LogP contribution in [0.1, 0.15) is 37.8 Å². The van der Waals surface area contributed by atoms with E-state index in [2.05, 4.69) is 16.4 Å². The van der Waals surface area contributed by atoms with E-state index in [1.165, 1.54) is 0 Å². The van der Waals surface area contributed by atoms with Gasteiger partial charge in [-0.15, -0.1) is 11.3 Å². The van der Waals surface area contributed by atoms with Crippen LogP contribution >= 0.6 is 22.9 Å². The Bertz CT molecular complexity index is 1210. The van der Waals surface area contributed by atoms with Crippen molar-refractivity contribution in [1.29, 1.82) is 0 Å². The van der Waals surface area contributed by atoms with Crippen molar-refractivity contribution < 1.29 is 9.59 Å². The van der Waals surface area contributed by atoms with Gasteiger partial charge in [-0.25, -0.2) is 4.98 Å². The summed E-state index contributed by atoms with van der Waals surface area (Å²) in [7, 11) is 0. The number of carbonyl (C=O) groups is 2. The number of nitrogens with zero attached hydrogens (tertiary/aromatic N) is 2. The zero-order valence-corrected chi connectivity index (χ0v) is 19.5. The van der Waals surface area contributed by atoms with E-state index in [9.17, 15) is 9.59 Å². The number of benzene rings is 2. The number of fused-ring (bicyclic) bond motifs is 1. The second-order valence-electron chi connectivity index (χ2n) is 8.68. The number of likely N-dealkylation sites (tertiary alicyclic amines) is 1. The predicted octanol–water partition coefficient (Wildman–Crippen LogP) is 4.97. The number of hydrogen-bond donors (Lipinski definition) is 1. The average Bonchev–Trinajstić information content (AvgIpc) is 3.28. The van der Waals surface area contributed by atoms with Gasteiger partial charge >= 0.3 is 0 Å². The van der Waals surface area contributed by atoms with Gasteiger partial charge in [0.1, 0.15) is 5.69 Å². The van der Waals surface area contributed by atoms with Gasteiger partial charge in [0.2, 0.25) is 0 Å². The van der Waals surface area contributed by atoms with E-state index >= 15 is 0 Å². The predicted molar refractivity (Wildman–Crippen MR) is 127 cm³/mol. The fourth-order valence-electron chi connectivity index (χ4n) is 4.69. The molecule has 5 rings (SSSR count). The van der Waals surface area contributed by atoms with Crippen LogP contribution in [0.2, 0.25) is 5.02 Å². The lowest BCUT2D eigenvalue weighted by Crippen LogP contribution is -2.45. The van der Waals surface area contributed by atoms with E-state index in [0.29, 0.717) is 34.7 Å². The molecule has 2 aromatic carbocycles. The molecule has 0 spiro atoms. The van der Waals surface area contributed by atoms with Crippen LogP contribution in [0, 0.1) is 25.7 Å². The summed E-state index contributed by atoms with van der Waals surface area (Å²) in [4.78, 5) is 33.7. The lowest BCUT2D eigenvalue weighted by Gasteiger charge is -2.27. The van der Waals surface area contributed by atoms with Gasteiger partial charge in [0.05, 0.1) is 15.9 Å². The molecule has 2 fully saturated rings. The van der Waals surface area contributed by atoms with Crippen LogP contribution in [0.15, 0.2) is 48.5 Å². The van der Waals surface area contributed by atoms with Crippen LogP contribution < -0.4 is 5.32 Å². The van der Waals surface area contributed by atoms with E-state index in [1.54, 1.807) is 35.6 Å². The molecule has 1 aliphatic heterocycles. The van der Waals surface area contributed by atoms with Crippen LogP contribution in [0.5, 0.6) is 0 Å². The first-order chi connectivity index (χ1) is 15.4. The van der Waals surface area contributed by atoms with Crippen molar-refractivity contribution in [3.05, 3.63) is 75.4 Å². The third-order valence-corrected chi connectivity index (χ3v) is 7.59. The highest BCUT2D eigenvalue weighted by atomic mass is 35.5. The molecular formula is C25H24ClN3O2S. The number of amides is 2. The summed E-state index contributed by atoms with van der Waals surface area (Å²) in [5.41, 5.74) is 3.22. The van der Waals surface area contributed by atoms with Crippen molar-refractivity contribution in [3.8, 4) is 10.4 Å². The van der Waals surface area contributed by atoms with Gasteiger partial charge in [-0.3, -0.25) is 9.59 Å². The number of thiazole rings is 1. The van der Waals surface area contributed by atoms with E-state index in [4.69, 9.17) is 11.6 Å². The molecule has 32 heavy (non-hydrogen) atoms. The van der Waals surface area contributed by atoms with E-state index in [1.807, 2.05) is 36.9 Å². The number of rotatable bonds is 5. The maximum Gasteiger partial charge on any atom is 0.274 e. The molecule has 2 aliphatic rings. The molecule has 1 aliphatic carbocycles. The highest BCUT2D eigenvalue weighted by Gasteiger charge is 2.54. The molecule has 7 heteroatoms. The minimum absolute atomic E-state index is 0.0111. The Hall–Kier alpha value is -2.70. The first-order valence-corrected chi connectivity index (χ1v) is 12.0. The Labute approximate surface area is 196 Å². The zero-order chi connectivity index (χ0) is 22.4. The highest BCUT2D eigenvalue weighted by Crippen LogP contribution is 2.50. The Morgan fingerprint density at radius 1 is 1.19 bits per heavy atom. The lowest BCUT2D eigenvalue weighted by molar-refractivity contribution is 0.0690. The molecule has 3 atom stereocenters. The van der Waals surface area contributed by atoms with Crippen molar-refractivity contribution in [3.63, 3.8) is 0 Å². The quantitative estimate of drug-likeness (QED) is 0.578. The average molecular weight is 466 g/mol. The number of aromatic nitrogens is 1. The number of aryl methyl sites for hydroxylation is 2. The van der Waals surface area contributed by atoms with E-state index in [-0.39, 0.29) is 17.9 Å². The van der Waals surface area contributed by atoms with Gasteiger partial charge < -0.3 is 10.2 Å². The fourth-order valence-corrected chi connectivity index (χ4v) is 5.78. The normalized spacial score (nSPS) is 21.3. The maximum atomic E-state index is 13.6. The van der Waals surface area contributed by atoms with Crippen molar-refractivity contribution in [2.24, 2.45) is 11.8 Å². The molecule has 0 radical (unpaired) electrons. The summed E-state index contributed by atoms with van der Waals surface area (Å²) < 4.78 is 0. The summed E-state index contributed by atoms with van der Waals surface area (Å²) >= 11 is 7.57. The van der Waals surface area contributed by atoms with E-state index in [0.717, 1.165) is 34.0 Å². The maximum absolute atomic E-state index is 13.6. The molecular weight excluding hydrogens is 442 g/mol. The van der Waals surface area contributed by atoms with Crippen LogP contribution in [-0.2, 0) is 0 Å². The Balaban J connectivity index is 1.36. The third kappa shape index (κ3) is 4.05. The van der Waals surface area contributed by atoms with Gasteiger partial charge in [-0.2, -0.15) is 0 Å². The molecule has 1 saturated heterocycles. The SMILES string of the molecule is Cc1cccc(-c2sc(C)nc2C(=O)N2C[C@@H]3CC3[C@H]2CNC(=O)c2cccc(Cl)c2)c1. The summed E-state index contributed by atoms with van der Waals surface area (Å²) in [6.45, 7) is 5.14. The fraction of sp³-hybridized carbons (Fsp3) is 0.320. The molecule has 3 aromatic rings. The number of hydrogen-bond acceptors (Lipinski definition) is 4. The monoisotopic (exact) mass is 465 g/mol. The van der Waals surface area contributed by atoms with Crippen molar-refractivity contribution in [1.82, 2.24) is 15.2 Å². The molecule has 1 aromatic heterocycles. The van der Waals surface area contributed by atoms with Crippen LogP contribution in [-0.4, -0.2) is 40.8 Å². The van der Waals surface area contributed by atoms with Crippen molar-refractivity contribution in [2.45, 2.75) is 26.3 Å². The Kier molecular flexibility index (Phi) is 5.51. The molecule has 1 saturated carbocycles. The minimum Gasteiger partial charge on any atom is -0.350 e. The molecule has 1 N–H and O–H groups in total. The summed E-state index contributed by atoms with van der Waals surface area (Å²) in [5.74, 6) is 0.754. The standard InChI is InChI=1S/C25H24ClN3O2S/c1-14-5-3-6-16(9-14)23-22(28-15(2)32-23)25(31)29-13-18-11-20(18)21(29)12-27-24(30)17-7-4-8-19(26)10-17/h3-10,18,20-21H,11-13H2,1-2H3,(H,27,30)/t18-,20?,21+/m0/s1. The zero-order valence-electron chi connectivity index (χ0n) is 18.0.